The molecular formula is C59H110O6. The first-order valence-corrected chi connectivity index (χ1v) is 28.8. The molecule has 1 atom stereocenters. The second-order valence-electron chi connectivity index (χ2n) is 19.6. The Bertz CT molecular complexity index is 1050. The van der Waals surface area contributed by atoms with Crippen molar-refractivity contribution in [2.24, 2.45) is 0 Å². The van der Waals surface area contributed by atoms with Gasteiger partial charge in [-0.15, -0.1) is 0 Å². The van der Waals surface area contributed by atoms with Crippen molar-refractivity contribution in [3.63, 3.8) is 0 Å². The van der Waals surface area contributed by atoms with Gasteiger partial charge in [-0.3, -0.25) is 14.4 Å². The molecule has 0 heterocycles. The summed E-state index contributed by atoms with van der Waals surface area (Å²) in [5, 5.41) is 0. The van der Waals surface area contributed by atoms with Gasteiger partial charge in [0.15, 0.2) is 6.10 Å². The molecular weight excluding hydrogens is 805 g/mol. The Morgan fingerprint density at radius 3 is 0.769 bits per heavy atom. The van der Waals surface area contributed by atoms with E-state index in [0.29, 0.717) is 19.3 Å². The van der Waals surface area contributed by atoms with E-state index in [4.69, 9.17) is 14.2 Å². The summed E-state index contributed by atoms with van der Waals surface area (Å²) in [7, 11) is 0. The van der Waals surface area contributed by atoms with Gasteiger partial charge in [0.1, 0.15) is 13.2 Å². The quantitative estimate of drug-likeness (QED) is 0.0262. The topological polar surface area (TPSA) is 78.9 Å². The number of hydrogen-bond donors (Lipinski definition) is 0. The summed E-state index contributed by atoms with van der Waals surface area (Å²) in [6.07, 6.45) is 63.1. The van der Waals surface area contributed by atoms with Crippen LogP contribution in [-0.4, -0.2) is 37.2 Å². The number of unbranched alkanes of at least 4 members (excludes halogenated alkanes) is 38. The summed E-state index contributed by atoms with van der Waals surface area (Å²) in [4.78, 5) is 38.1. The predicted molar refractivity (Wildman–Crippen MR) is 279 cm³/mol. The fraction of sp³-hybridized carbons (Fsp3) is 0.881. The van der Waals surface area contributed by atoms with Gasteiger partial charge in [-0.05, 0) is 70.6 Å². The second-order valence-corrected chi connectivity index (χ2v) is 19.6. The van der Waals surface area contributed by atoms with Gasteiger partial charge in [-0.25, -0.2) is 0 Å². The molecule has 0 saturated carbocycles. The number of carbonyl (C=O) groups is 3. The van der Waals surface area contributed by atoms with Gasteiger partial charge >= 0.3 is 17.9 Å². The van der Waals surface area contributed by atoms with E-state index in [0.717, 1.165) is 70.6 Å². The van der Waals surface area contributed by atoms with E-state index < -0.39 is 6.10 Å². The third kappa shape index (κ3) is 52.7. The van der Waals surface area contributed by atoms with Gasteiger partial charge in [-0.2, -0.15) is 0 Å². The van der Waals surface area contributed by atoms with Crippen LogP contribution < -0.4 is 0 Å². The van der Waals surface area contributed by atoms with Crippen molar-refractivity contribution in [1.82, 2.24) is 0 Å². The van der Waals surface area contributed by atoms with Crippen molar-refractivity contribution >= 4 is 17.9 Å². The molecule has 0 aliphatic rings. The molecule has 0 spiro atoms. The second kappa shape index (κ2) is 54.5. The highest BCUT2D eigenvalue weighted by atomic mass is 16.6. The number of ether oxygens (including phenoxy) is 3. The molecule has 0 fully saturated rings. The van der Waals surface area contributed by atoms with Crippen LogP contribution in [0.25, 0.3) is 0 Å². The van der Waals surface area contributed by atoms with Crippen LogP contribution in [-0.2, 0) is 28.6 Å². The number of esters is 3. The standard InChI is InChI=1S/C59H110O6/c1-4-7-10-13-16-19-22-25-28-29-32-34-37-40-43-46-49-52-58(61)64-55-56(65-59(62)53-50-47-44-41-38-35-31-27-24-21-18-15-12-9-6-3)54-63-57(60)51-48-45-42-39-36-33-30-26-23-20-17-14-11-8-5-2/h26-27,30-31,56H,4-25,28-29,32-55H2,1-3H3/b30-26-,31-27-/t56-/m0/s1. The van der Waals surface area contributed by atoms with Gasteiger partial charge in [0, 0.05) is 19.3 Å². The van der Waals surface area contributed by atoms with E-state index in [9.17, 15) is 14.4 Å². The van der Waals surface area contributed by atoms with Crippen LogP contribution in [0.2, 0.25) is 0 Å². The molecule has 65 heavy (non-hydrogen) atoms. The van der Waals surface area contributed by atoms with E-state index >= 15 is 0 Å². The Labute approximate surface area is 404 Å². The van der Waals surface area contributed by atoms with Crippen LogP contribution in [0, 0.1) is 0 Å². The lowest BCUT2D eigenvalue weighted by atomic mass is 10.0. The lowest BCUT2D eigenvalue weighted by Crippen LogP contribution is -2.30. The summed E-state index contributed by atoms with van der Waals surface area (Å²) in [5.74, 6) is -0.871. The molecule has 0 aromatic rings. The zero-order chi connectivity index (χ0) is 47.2. The minimum atomic E-state index is -0.775. The molecule has 0 aromatic carbocycles. The van der Waals surface area contributed by atoms with Crippen molar-refractivity contribution in [2.75, 3.05) is 13.2 Å². The highest BCUT2D eigenvalue weighted by molar-refractivity contribution is 5.71. The van der Waals surface area contributed by atoms with Gasteiger partial charge in [0.05, 0.1) is 0 Å². The largest absolute Gasteiger partial charge is 0.462 e. The highest BCUT2D eigenvalue weighted by Crippen LogP contribution is 2.16. The number of hydrogen-bond acceptors (Lipinski definition) is 6. The number of rotatable bonds is 53. The fourth-order valence-electron chi connectivity index (χ4n) is 8.55. The average molecular weight is 916 g/mol. The van der Waals surface area contributed by atoms with E-state index in [1.165, 1.54) is 205 Å². The molecule has 0 aliphatic heterocycles. The SMILES string of the molecule is CCCCCCCC/C=C\CCCCCCCC(=O)OC[C@@H](COC(=O)CCCCCCCCCCCCCCCCCCC)OC(=O)CCCCCCC/C=C\CCCCCCCC. The first-order valence-electron chi connectivity index (χ1n) is 28.8. The zero-order valence-electron chi connectivity index (χ0n) is 43.8. The lowest BCUT2D eigenvalue weighted by molar-refractivity contribution is -0.167. The normalized spacial score (nSPS) is 12.1. The van der Waals surface area contributed by atoms with Crippen molar-refractivity contribution in [1.29, 1.82) is 0 Å². The van der Waals surface area contributed by atoms with Crippen molar-refractivity contribution in [2.45, 2.75) is 322 Å². The average Bonchev–Trinajstić information content (AvgIpc) is 3.30. The highest BCUT2D eigenvalue weighted by Gasteiger charge is 2.19. The Hall–Kier alpha value is -2.11. The molecule has 6 nitrogen and oxygen atoms in total. The Kier molecular flexibility index (Phi) is 52.7. The van der Waals surface area contributed by atoms with Crippen LogP contribution in [0.1, 0.15) is 316 Å². The summed E-state index contributed by atoms with van der Waals surface area (Å²) in [6.45, 7) is 6.66. The summed E-state index contributed by atoms with van der Waals surface area (Å²) >= 11 is 0. The first-order chi connectivity index (χ1) is 32.0. The van der Waals surface area contributed by atoms with Crippen molar-refractivity contribution in [3.8, 4) is 0 Å². The summed E-state index contributed by atoms with van der Waals surface area (Å²) < 4.78 is 16.9. The molecule has 0 bridgehead atoms. The maximum Gasteiger partial charge on any atom is 0.306 e. The maximum atomic E-state index is 12.8. The van der Waals surface area contributed by atoms with E-state index in [2.05, 4.69) is 45.1 Å². The monoisotopic (exact) mass is 915 g/mol. The van der Waals surface area contributed by atoms with Crippen molar-refractivity contribution < 1.29 is 28.6 Å². The minimum absolute atomic E-state index is 0.0728. The van der Waals surface area contributed by atoms with Crippen LogP contribution >= 0.6 is 0 Å². The van der Waals surface area contributed by atoms with Crippen LogP contribution in [0.3, 0.4) is 0 Å². The predicted octanol–water partition coefficient (Wildman–Crippen LogP) is 19.1. The summed E-state index contributed by atoms with van der Waals surface area (Å²) in [5.41, 5.74) is 0. The van der Waals surface area contributed by atoms with Crippen LogP contribution in [0.4, 0.5) is 0 Å². The van der Waals surface area contributed by atoms with E-state index in [1.54, 1.807) is 0 Å². The fourth-order valence-corrected chi connectivity index (χ4v) is 8.55. The lowest BCUT2D eigenvalue weighted by Gasteiger charge is -2.18. The van der Waals surface area contributed by atoms with Gasteiger partial charge in [0.2, 0.25) is 0 Å². The molecule has 0 radical (unpaired) electrons. The zero-order valence-corrected chi connectivity index (χ0v) is 43.8. The first kappa shape index (κ1) is 62.9. The van der Waals surface area contributed by atoms with Gasteiger partial charge in [-0.1, -0.05) is 251 Å². The number of carbonyl (C=O) groups excluding carboxylic acids is 3. The Morgan fingerprint density at radius 2 is 0.508 bits per heavy atom. The molecule has 6 heteroatoms. The third-order valence-electron chi connectivity index (χ3n) is 12.9. The molecule has 0 aromatic heterocycles. The molecule has 0 rings (SSSR count). The molecule has 0 aliphatic carbocycles. The Morgan fingerprint density at radius 1 is 0.292 bits per heavy atom. The van der Waals surface area contributed by atoms with Crippen molar-refractivity contribution in [3.05, 3.63) is 24.3 Å². The summed E-state index contributed by atoms with van der Waals surface area (Å²) in [6, 6.07) is 0. The van der Waals surface area contributed by atoms with Crippen LogP contribution in [0.15, 0.2) is 24.3 Å². The molecule has 0 amide bonds. The molecule has 382 valence electrons. The third-order valence-corrected chi connectivity index (χ3v) is 12.9. The number of allylic oxidation sites excluding steroid dienone is 4. The molecule has 0 N–H and O–H groups in total. The Balaban J connectivity index is 4.35. The minimum Gasteiger partial charge on any atom is -0.462 e. The maximum absolute atomic E-state index is 12.8. The smallest absolute Gasteiger partial charge is 0.306 e. The van der Waals surface area contributed by atoms with Crippen LogP contribution in [0.5, 0.6) is 0 Å². The van der Waals surface area contributed by atoms with Gasteiger partial charge in [0.25, 0.3) is 0 Å². The van der Waals surface area contributed by atoms with Gasteiger partial charge < -0.3 is 14.2 Å². The molecule has 0 unspecified atom stereocenters. The molecule has 0 saturated heterocycles. The van der Waals surface area contributed by atoms with E-state index in [1.807, 2.05) is 0 Å². The van der Waals surface area contributed by atoms with E-state index in [-0.39, 0.29) is 31.1 Å².